The predicted molar refractivity (Wildman–Crippen MR) is 87.3 cm³/mol. The van der Waals surface area contributed by atoms with E-state index < -0.39 is 24.9 Å². The topological polar surface area (TPSA) is 44.8 Å². The van der Waals surface area contributed by atoms with Crippen LogP contribution in [0.2, 0.25) is 0 Å². The molecule has 2 aliphatic heterocycles. The summed E-state index contributed by atoms with van der Waals surface area (Å²) in [4.78, 5) is 16.2. The zero-order valence-corrected chi connectivity index (χ0v) is 13.8. The van der Waals surface area contributed by atoms with Gasteiger partial charge in [-0.3, -0.25) is 10.1 Å². The number of alkyl halides is 2. The van der Waals surface area contributed by atoms with E-state index >= 15 is 0 Å². The van der Waals surface area contributed by atoms with Gasteiger partial charge in [0.1, 0.15) is 0 Å². The first-order chi connectivity index (χ1) is 11.5. The van der Waals surface area contributed by atoms with E-state index in [-0.39, 0.29) is 5.91 Å². The number of halogens is 2. The normalized spacial score (nSPS) is 23.3. The maximum Gasteiger partial charge on any atom is 0.262 e. The van der Waals surface area contributed by atoms with Gasteiger partial charge in [0.15, 0.2) is 0 Å². The van der Waals surface area contributed by atoms with Gasteiger partial charge in [-0.05, 0) is 11.6 Å². The van der Waals surface area contributed by atoms with E-state index in [4.69, 9.17) is 4.74 Å². The average Bonchev–Trinajstić information content (AvgIpc) is 2.95. The van der Waals surface area contributed by atoms with Crippen LogP contribution in [0.15, 0.2) is 24.3 Å². The van der Waals surface area contributed by atoms with Crippen molar-refractivity contribution < 1.29 is 18.3 Å². The van der Waals surface area contributed by atoms with Crippen LogP contribution in [-0.4, -0.2) is 62.7 Å². The molecule has 24 heavy (non-hydrogen) atoms. The van der Waals surface area contributed by atoms with Gasteiger partial charge in [0.25, 0.3) is 5.92 Å². The Labute approximate surface area is 140 Å². The molecule has 0 saturated carbocycles. The number of hydrogen-bond acceptors (Lipinski definition) is 4. The zero-order valence-electron chi connectivity index (χ0n) is 13.8. The summed E-state index contributed by atoms with van der Waals surface area (Å²) < 4.78 is 32.0. The minimum Gasteiger partial charge on any atom is -0.378 e. The number of hydrogen-bond donors (Lipinski definition) is 1. The number of rotatable bonds is 4. The fraction of sp³-hybridized carbons (Fsp3) is 0.588. The molecule has 2 saturated heterocycles. The Kier molecular flexibility index (Phi) is 5.01. The third-order valence-corrected chi connectivity index (χ3v) is 4.54. The zero-order chi connectivity index (χ0) is 17.2. The second-order valence-electron chi connectivity index (χ2n) is 6.42. The molecule has 1 amide bonds. The number of ether oxygens (including phenoxy) is 1. The first kappa shape index (κ1) is 17.1. The quantitative estimate of drug-likeness (QED) is 0.903. The Balaban J connectivity index is 1.68. The minimum atomic E-state index is -2.80. The fourth-order valence-corrected chi connectivity index (χ4v) is 3.25. The molecule has 1 aromatic rings. The molecule has 132 valence electrons. The standard InChI is InChI=1S/C17H23F2N3O2/c1-21(16(23)14-10-17(18,19)12-20-14)11-13-4-2-3-5-15(13)22-6-8-24-9-7-22/h2-5,14,20H,6-12H2,1H3. The molecule has 2 fully saturated rings. The fourth-order valence-electron chi connectivity index (χ4n) is 3.25. The smallest absolute Gasteiger partial charge is 0.262 e. The van der Waals surface area contributed by atoms with Crippen LogP contribution >= 0.6 is 0 Å². The van der Waals surface area contributed by atoms with Gasteiger partial charge in [0.05, 0.1) is 25.8 Å². The van der Waals surface area contributed by atoms with E-state index in [0.717, 1.165) is 24.3 Å². The summed E-state index contributed by atoms with van der Waals surface area (Å²) in [7, 11) is 1.66. The Morgan fingerprint density at radius 3 is 2.75 bits per heavy atom. The van der Waals surface area contributed by atoms with Crippen molar-refractivity contribution in [1.82, 2.24) is 10.2 Å². The number of carbonyl (C=O) groups excluding carboxylic acids is 1. The molecule has 5 nitrogen and oxygen atoms in total. The number of carbonyl (C=O) groups is 1. The van der Waals surface area contributed by atoms with Gasteiger partial charge >= 0.3 is 0 Å². The molecule has 1 atom stereocenters. The van der Waals surface area contributed by atoms with E-state index in [1.54, 1.807) is 7.05 Å². The lowest BCUT2D eigenvalue weighted by Gasteiger charge is -2.31. The van der Waals surface area contributed by atoms with Crippen LogP contribution in [0.3, 0.4) is 0 Å². The summed E-state index contributed by atoms with van der Waals surface area (Å²) in [5.41, 5.74) is 2.09. The number of anilines is 1. The Hall–Kier alpha value is -1.73. The van der Waals surface area contributed by atoms with Crippen LogP contribution in [-0.2, 0) is 16.1 Å². The third-order valence-electron chi connectivity index (χ3n) is 4.54. The summed E-state index contributed by atoms with van der Waals surface area (Å²) in [6, 6.07) is 7.10. The third kappa shape index (κ3) is 3.84. The summed E-state index contributed by atoms with van der Waals surface area (Å²) in [5.74, 6) is -3.09. The molecule has 2 aliphatic rings. The van der Waals surface area contributed by atoms with E-state index in [1.165, 1.54) is 4.90 Å². The van der Waals surface area contributed by atoms with Crippen molar-refractivity contribution >= 4 is 11.6 Å². The second-order valence-corrected chi connectivity index (χ2v) is 6.42. The van der Waals surface area contributed by atoms with Gasteiger partial charge in [-0.25, -0.2) is 8.78 Å². The SMILES string of the molecule is CN(Cc1ccccc1N1CCOCC1)C(=O)C1CC(F)(F)CN1. The molecule has 0 radical (unpaired) electrons. The van der Waals surface area contributed by atoms with Crippen LogP contribution in [0.25, 0.3) is 0 Å². The highest BCUT2D eigenvalue weighted by atomic mass is 19.3. The molecule has 0 aliphatic carbocycles. The minimum absolute atomic E-state index is 0.288. The van der Waals surface area contributed by atoms with Crippen molar-refractivity contribution in [3.8, 4) is 0 Å². The lowest BCUT2D eigenvalue weighted by atomic mass is 10.1. The molecular weight excluding hydrogens is 316 g/mol. The van der Waals surface area contributed by atoms with E-state index in [2.05, 4.69) is 10.2 Å². The van der Waals surface area contributed by atoms with Gasteiger partial charge in [-0.2, -0.15) is 0 Å². The van der Waals surface area contributed by atoms with Gasteiger partial charge in [0, 0.05) is 38.8 Å². The Bertz CT molecular complexity index is 591. The maximum atomic E-state index is 13.3. The average molecular weight is 339 g/mol. The number of amides is 1. The predicted octanol–water partition coefficient (Wildman–Crippen LogP) is 1.48. The maximum absolute atomic E-state index is 13.3. The highest BCUT2D eigenvalue weighted by Crippen LogP contribution is 2.27. The largest absolute Gasteiger partial charge is 0.378 e. The summed E-state index contributed by atoms with van der Waals surface area (Å²) in [5, 5.41) is 2.62. The van der Waals surface area contributed by atoms with Crippen molar-refractivity contribution in [3.05, 3.63) is 29.8 Å². The number of para-hydroxylation sites is 1. The first-order valence-corrected chi connectivity index (χ1v) is 8.23. The van der Waals surface area contributed by atoms with Crippen molar-refractivity contribution in [2.75, 3.05) is 44.8 Å². The number of morpholine rings is 1. The van der Waals surface area contributed by atoms with Crippen molar-refractivity contribution in [2.45, 2.75) is 24.9 Å². The van der Waals surface area contributed by atoms with Crippen LogP contribution < -0.4 is 10.2 Å². The summed E-state index contributed by atoms with van der Waals surface area (Å²) in [6.07, 6.45) is -0.429. The molecule has 0 aromatic heterocycles. The molecule has 2 heterocycles. The molecule has 0 spiro atoms. The van der Waals surface area contributed by atoms with Crippen LogP contribution in [0, 0.1) is 0 Å². The number of nitrogens with zero attached hydrogens (tertiary/aromatic N) is 2. The molecule has 0 bridgehead atoms. The summed E-state index contributed by atoms with van der Waals surface area (Å²) in [6.45, 7) is 2.96. The number of likely N-dealkylation sites (N-methyl/N-ethyl adjacent to an activating group) is 1. The lowest BCUT2D eigenvalue weighted by molar-refractivity contribution is -0.132. The summed E-state index contributed by atoms with van der Waals surface area (Å²) >= 11 is 0. The Morgan fingerprint density at radius 1 is 1.38 bits per heavy atom. The van der Waals surface area contributed by atoms with Crippen molar-refractivity contribution in [3.63, 3.8) is 0 Å². The van der Waals surface area contributed by atoms with Crippen LogP contribution in [0.4, 0.5) is 14.5 Å². The number of benzene rings is 1. The first-order valence-electron chi connectivity index (χ1n) is 8.23. The highest BCUT2D eigenvalue weighted by molar-refractivity contribution is 5.82. The molecule has 1 N–H and O–H groups in total. The van der Waals surface area contributed by atoms with Crippen molar-refractivity contribution in [2.24, 2.45) is 0 Å². The second kappa shape index (κ2) is 7.03. The Morgan fingerprint density at radius 2 is 2.08 bits per heavy atom. The molecule has 3 rings (SSSR count). The molecule has 7 heteroatoms. The van der Waals surface area contributed by atoms with Crippen molar-refractivity contribution in [1.29, 1.82) is 0 Å². The molecule has 1 aromatic carbocycles. The van der Waals surface area contributed by atoms with E-state index in [9.17, 15) is 13.6 Å². The van der Waals surface area contributed by atoms with E-state index in [0.29, 0.717) is 19.8 Å². The van der Waals surface area contributed by atoms with Gasteiger partial charge < -0.3 is 14.5 Å². The van der Waals surface area contributed by atoms with Crippen LogP contribution in [0.5, 0.6) is 0 Å². The monoisotopic (exact) mass is 339 g/mol. The highest BCUT2D eigenvalue weighted by Gasteiger charge is 2.43. The molecular formula is C17H23F2N3O2. The molecule has 1 unspecified atom stereocenters. The van der Waals surface area contributed by atoms with Gasteiger partial charge in [-0.1, -0.05) is 18.2 Å². The lowest BCUT2D eigenvalue weighted by Crippen LogP contribution is -2.42. The van der Waals surface area contributed by atoms with Gasteiger partial charge in [0.2, 0.25) is 5.91 Å². The van der Waals surface area contributed by atoms with Gasteiger partial charge in [-0.15, -0.1) is 0 Å². The number of nitrogens with one attached hydrogen (secondary N) is 1. The van der Waals surface area contributed by atoms with E-state index in [1.807, 2.05) is 24.3 Å². The van der Waals surface area contributed by atoms with Crippen LogP contribution in [0.1, 0.15) is 12.0 Å².